The van der Waals surface area contributed by atoms with Crippen molar-refractivity contribution in [2.45, 2.75) is 64.2 Å². The third-order valence-electron chi connectivity index (χ3n) is 9.04. The summed E-state index contributed by atoms with van der Waals surface area (Å²) in [4.78, 5) is 13.1. The minimum Gasteiger partial charge on any atom is -0.415 e. The second kappa shape index (κ2) is 10.1. The average molecular weight is 600 g/mol. The fourth-order valence-electron chi connectivity index (χ4n) is 6.03. The van der Waals surface area contributed by atoms with Crippen molar-refractivity contribution in [3.05, 3.63) is 30.0 Å². The van der Waals surface area contributed by atoms with E-state index in [0.717, 1.165) is 50.0 Å². The van der Waals surface area contributed by atoms with Crippen LogP contribution in [0.4, 0.5) is 26.1 Å². The Morgan fingerprint density at radius 3 is 2.31 bits per heavy atom. The molecule has 7 rings (SSSR count). The van der Waals surface area contributed by atoms with Gasteiger partial charge in [-0.25, -0.2) is 27.2 Å². The molecule has 10 nitrogen and oxygen atoms in total. The van der Waals surface area contributed by atoms with Crippen LogP contribution in [0, 0.1) is 18.3 Å². The van der Waals surface area contributed by atoms with Crippen molar-refractivity contribution in [3.63, 3.8) is 0 Å². The van der Waals surface area contributed by atoms with Crippen LogP contribution in [0.3, 0.4) is 0 Å². The van der Waals surface area contributed by atoms with Crippen molar-refractivity contribution in [3.8, 4) is 23.0 Å². The molecule has 1 spiro atoms. The van der Waals surface area contributed by atoms with E-state index in [1.807, 2.05) is 19.1 Å². The van der Waals surface area contributed by atoms with E-state index in [2.05, 4.69) is 29.8 Å². The molecule has 2 aliphatic heterocycles. The van der Waals surface area contributed by atoms with Crippen molar-refractivity contribution in [2.75, 3.05) is 46.5 Å². The number of aryl methyl sites for hydroxylation is 1. The topological polar surface area (TPSA) is 117 Å². The van der Waals surface area contributed by atoms with Gasteiger partial charge < -0.3 is 14.2 Å². The van der Waals surface area contributed by atoms with Gasteiger partial charge in [-0.15, -0.1) is 10.2 Å². The highest BCUT2D eigenvalue weighted by Gasteiger charge is 2.44. The summed E-state index contributed by atoms with van der Waals surface area (Å²) < 4.78 is 61.8. The Bertz CT molecular complexity index is 1580. The molecule has 1 N–H and O–H groups in total. The quantitative estimate of drug-likeness (QED) is 0.370. The van der Waals surface area contributed by atoms with E-state index < -0.39 is 15.9 Å². The fraction of sp³-hybridized carbons (Fsp3) is 0.586. The van der Waals surface area contributed by atoms with E-state index in [9.17, 15) is 17.2 Å². The molecule has 224 valence electrons. The molecule has 13 heteroatoms. The molecule has 0 radical (unpaired) electrons. The molecular weight excluding hydrogens is 564 g/mol. The number of alkyl halides is 2. The highest BCUT2D eigenvalue weighted by Crippen LogP contribution is 2.54. The van der Waals surface area contributed by atoms with Gasteiger partial charge in [-0.05, 0) is 81.0 Å². The first-order chi connectivity index (χ1) is 20.1. The zero-order valence-corrected chi connectivity index (χ0v) is 24.5. The van der Waals surface area contributed by atoms with Crippen molar-refractivity contribution < 1.29 is 21.6 Å². The molecule has 0 amide bonds. The van der Waals surface area contributed by atoms with E-state index in [4.69, 9.17) is 4.42 Å². The summed E-state index contributed by atoms with van der Waals surface area (Å²) in [5.41, 5.74) is 3.65. The number of benzene rings is 1. The van der Waals surface area contributed by atoms with Gasteiger partial charge in [0.15, 0.2) is 0 Å². The first-order valence-corrected chi connectivity index (χ1v) is 16.4. The molecule has 2 saturated carbocycles. The lowest BCUT2D eigenvalue weighted by atomic mass is 9.93. The van der Waals surface area contributed by atoms with Crippen LogP contribution < -0.4 is 14.5 Å². The van der Waals surface area contributed by atoms with Crippen LogP contribution >= 0.6 is 0 Å². The van der Waals surface area contributed by atoms with Gasteiger partial charge in [-0.1, -0.05) is 0 Å². The minimum atomic E-state index is -3.44. The number of piperidine rings is 2. The maximum Gasteiger partial charge on any atom is 0.266 e. The first kappa shape index (κ1) is 27.5. The molecule has 0 bridgehead atoms. The lowest BCUT2D eigenvalue weighted by Crippen LogP contribution is -2.40. The van der Waals surface area contributed by atoms with E-state index in [-0.39, 0.29) is 43.5 Å². The Labute approximate surface area is 244 Å². The van der Waals surface area contributed by atoms with Gasteiger partial charge in [0, 0.05) is 44.7 Å². The van der Waals surface area contributed by atoms with Crippen LogP contribution in [0.25, 0.3) is 23.0 Å². The zero-order valence-electron chi connectivity index (χ0n) is 23.7. The van der Waals surface area contributed by atoms with Gasteiger partial charge in [0.1, 0.15) is 5.69 Å². The normalized spacial score (nSPS) is 21.5. The van der Waals surface area contributed by atoms with E-state index in [1.54, 1.807) is 17.0 Å². The summed E-state index contributed by atoms with van der Waals surface area (Å²) >= 11 is 0. The smallest absolute Gasteiger partial charge is 0.266 e. The number of halogens is 2. The molecule has 2 saturated heterocycles. The highest BCUT2D eigenvalue weighted by atomic mass is 32.2. The number of hydrogen-bond donors (Lipinski definition) is 1. The fourth-order valence-corrected chi connectivity index (χ4v) is 7.55. The molecule has 42 heavy (non-hydrogen) atoms. The number of hydrogen-bond acceptors (Lipinski definition) is 9. The second-order valence-corrected chi connectivity index (χ2v) is 14.3. The van der Waals surface area contributed by atoms with Crippen LogP contribution in [0.5, 0.6) is 0 Å². The molecule has 0 atom stereocenters. The van der Waals surface area contributed by atoms with Crippen LogP contribution in [-0.4, -0.2) is 66.4 Å². The van der Waals surface area contributed by atoms with Crippen molar-refractivity contribution in [1.82, 2.24) is 20.2 Å². The average Bonchev–Trinajstić information content (AvgIpc) is 3.86. The number of aromatic nitrogens is 4. The predicted octanol–water partition coefficient (Wildman–Crippen LogP) is 5.27. The lowest BCUT2D eigenvalue weighted by molar-refractivity contribution is -0.0222. The number of sulfonamides is 1. The molecule has 2 aliphatic carbocycles. The molecule has 1 aromatic carbocycles. The van der Waals surface area contributed by atoms with Crippen molar-refractivity contribution in [2.24, 2.45) is 11.3 Å². The number of rotatable bonds is 8. The number of anilines is 3. The number of nitrogens with one attached hydrogen (secondary N) is 1. The molecular formula is C29H35F2N7O3S. The largest absolute Gasteiger partial charge is 0.415 e. The number of nitrogens with zero attached hydrogens (tertiary/aromatic N) is 6. The minimum absolute atomic E-state index is 0.142. The molecule has 2 aromatic heterocycles. The third-order valence-corrected chi connectivity index (χ3v) is 10.5. The molecule has 4 heterocycles. The zero-order chi connectivity index (χ0) is 29.1. The van der Waals surface area contributed by atoms with Gasteiger partial charge in [0.2, 0.25) is 21.9 Å². The van der Waals surface area contributed by atoms with Gasteiger partial charge in [0.05, 0.1) is 22.7 Å². The molecule has 3 aromatic rings. The molecule has 4 fully saturated rings. The monoisotopic (exact) mass is 599 g/mol. The Kier molecular flexibility index (Phi) is 6.63. The molecule has 4 aliphatic rings. The van der Waals surface area contributed by atoms with Crippen LogP contribution in [0.1, 0.15) is 57.1 Å². The predicted molar refractivity (Wildman–Crippen MR) is 155 cm³/mol. The Morgan fingerprint density at radius 1 is 0.929 bits per heavy atom. The maximum absolute atomic E-state index is 13.7. The summed E-state index contributed by atoms with van der Waals surface area (Å²) in [6.45, 7) is 3.89. The van der Waals surface area contributed by atoms with Crippen LogP contribution in [-0.2, 0) is 10.0 Å². The van der Waals surface area contributed by atoms with Gasteiger partial charge in [0.25, 0.3) is 11.8 Å². The first-order valence-electron chi connectivity index (χ1n) is 14.8. The van der Waals surface area contributed by atoms with Gasteiger partial charge >= 0.3 is 0 Å². The maximum atomic E-state index is 13.7. The Hall–Kier alpha value is -3.35. The highest BCUT2D eigenvalue weighted by molar-refractivity contribution is 7.92. The van der Waals surface area contributed by atoms with Gasteiger partial charge in [-0.2, -0.15) is 0 Å². The lowest BCUT2D eigenvalue weighted by Gasteiger charge is -2.35. The standard InChI is InChI=1S/C29H35F2N7O3S/c1-19-16-23(33-27(32-19)38-14-10-29(30,31)11-15-38)26-35-34-25(41-26)22-5-4-21(36-42(39,40)18-20-2-3-20)17-24(22)37-12-8-28(6-7-28)9-13-37/h4-5,16-17,20,36H,2-3,6-15,18H2,1H3. The summed E-state index contributed by atoms with van der Waals surface area (Å²) in [5.74, 6) is -1.40. The van der Waals surface area contributed by atoms with E-state index >= 15 is 0 Å². The van der Waals surface area contributed by atoms with E-state index in [0.29, 0.717) is 34.3 Å². The summed E-state index contributed by atoms with van der Waals surface area (Å²) in [7, 11) is -3.44. The van der Waals surface area contributed by atoms with Crippen molar-refractivity contribution >= 4 is 27.3 Å². The van der Waals surface area contributed by atoms with Crippen molar-refractivity contribution in [1.29, 1.82) is 0 Å². The second-order valence-electron chi connectivity index (χ2n) is 12.5. The summed E-state index contributed by atoms with van der Waals surface area (Å²) in [5, 5.41) is 8.63. The van der Waals surface area contributed by atoms with Gasteiger partial charge in [-0.3, -0.25) is 4.72 Å². The summed E-state index contributed by atoms with van der Waals surface area (Å²) in [6, 6.07) is 7.16. The van der Waals surface area contributed by atoms with Crippen LogP contribution in [0.2, 0.25) is 0 Å². The Balaban J connectivity index is 1.18. The Morgan fingerprint density at radius 2 is 1.62 bits per heavy atom. The third kappa shape index (κ3) is 5.93. The molecule has 0 unspecified atom stereocenters. The SMILES string of the molecule is Cc1cc(-c2nnc(-c3ccc(NS(=O)(=O)CC4CC4)cc3N3CCC4(CC3)CC4)o2)nc(N2CCC(F)(F)CC2)n1. The summed E-state index contributed by atoms with van der Waals surface area (Å²) in [6.07, 6.45) is 6.21. The van der Waals surface area contributed by atoms with E-state index in [1.165, 1.54) is 12.8 Å². The van der Waals surface area contributed by atoms with Crippen LogP contribution in [0.15, 0.2) is 28.7 Å².